The van der Waals surface area contributed by atoms with Gasteiger partial charge in [-0.25, -0.2) is 13.2 Å². The molecular weight excluding hydrogens is 504 g/mol. The molecule has 1 aromatic carbocycles. The largest absolute Gasteiger partial charge is 0.446 e. The third-order valence-electron chi connectivity index (χ3n) is 7.00. The van der Waals surface area contributed by atoms with Gasteiger partial charge >= 0.3 is 6.09 Å². The summed E-state index contributed by atoms with van der Waals surface area (Å²) in [5, 5.41) is 14.2. The molecule has 5 atom stereocenters. The lowest BCUT2D eigenvalue weighted by atomic mass is 10.0. The van der Waals surface area contributed by atoms with Gasteiger partial charge in [-0.1, -0.05) is 62.9 Å². The minimum absolute atomic E-state index is 0.0132. The highest BCUT2D eigenvalue weighted by Crippen LogP contribution is 2.37. The Bertz CT molecular complexity index is 1070. The highest BCUT2D eigenvalue weighted by molar-refractivity contribution is 7.93. The summed E-state index contributed by atoms with van der Waals surface area (Å²) in [6.45, 7) is 10.1. The van der Waals surface area contributed by atoms with Crippen LogP contribution in [0.25, 0.3) is 0 Å². The van der Waals surface area contributed by atoms with Crippen molar-refractivity contribution in [1.82, 2.24) is 9.62 Å². The standard InChI is InChI=1S/C29H42N2O6S/c1-5-7-13-25(6-2)38(34,35)31(19-21(3)4)20-27(32)26(16-22-11-9-8-10-12-22)30-29(33)37-24-17-23-14-15-36-28(23)18-24/h5-13,21,23-24,26-28,32H,2,14-20H2,1,3-4H3,(H,30,33)/b7-5-,25-13+/t23-,24+,26-,27+,28+/m0/s1. The van der Waals surface area contributed by atoms with Crippen LogP contribution >= 0.6 is 0 Å². The molecule has 3 rings (SSSR count). The molecule has 1 saturated heterocycles. The molecule has 1 aliphatic carbocycles. The van der Waals surface area contributed by atoms with E-state index in [4.69, 9.17) is 9.47 Å². The summed E-state index contributed by atoms with van der Waals surface area (Å²) in [6, 6.07) is 8.69. The quantitative estimate of drug-likeness (QED) is 0.360. The average molecular weight is 547 g/mol. The first-order chi connectivity index (χ1) is 18.1. The number of aliphatic hydroxyl groups excluding tert-OH is 1. The summed E-state index contributed by atoms with van der Waals surface area (Å²) >= 11 is 0. The lowest BCUT2D eigenvalue weighted by molar-refractivity contribution is 0.0555. The van der Waals surface area contributed by atoms with E-state index in [1.54, 1.807) is 19.1 Å². The Kier molecular flexibility index (Phi) is 11.1. The van der Waals surface area contributed by atoms with Crippen LogP contribution in [0.5, 0.6) is 0 Å². The van der Waals surface area contributed by atoms with Crippen molar-refractivity contribution in [3.63, 3.8) is 0 Å². The van der Waals surface area contributed by atoms with Crippen LogP contribution in [0, 0.1) is 11.8 Å². The van der Waals surface area contributed by atoms with Gasteiger partial charge in [-0.15, -0.1) is 0 Å². The van der Waals surface area contributed by atoms with Gasteiger partial charge in [-0.05, 0) is 55.7 Å². The molecule has 2 N–H and O–H groups in total. The Morgan fingerprint density at radius 1 is 1.26 bits per heavy atom. The van der Waals surface area contributed by atoms with Gasteiger partial charge in [-0.2, -0.15) is 4.31 Å². The maximum absolute atomic E-state index is 13.5. The third-order valence-corrected chi connectivity index (χ3v) is 8.87. The summed E-state index contributed by atoms with van der Waals surface area (Å²) in [5.74, 6) is 0.433. The fraction of sp³-hybridized carbons (Fsp3) is 0.552. The Morgan fingerprint density at radius 2 is 2.00 bits per heavy atom. The van der Waals surface area contributed by atoms with Gasteiger partial charge in [0.1, 0.15) is 6.10 Å². The first-order valence-corrected chi connectivity index (χ1v) is 14.8. The SMILES string of the molecule is C=C/C(=C\C=C/C)S(=O)(=O)N(CC(C)C)C[C@@H](O)[C@H](Cc1ccccc1)NC(=O)O[C@@H]1C[C@@H]2CCO[C@@H]2C1. The predicted octanol–water partition coefficient (Wildman–Crippen LogP) is 4.19. The number of ether oxygens (including phenoxy) is 2. The van der Waals surface area contributed by atoms with Gasteiger partial charge in [0, 0.05) is 26.1 Å². The summed E-state index contributed by atoms with van der Waals surface area (Å²) in [7, 11) is -3.93. The number of nitrogens with one attached hydrogen (secondary N) is 1. The zero-order chi connectivity index (χ0) is 27.7. The zero-order valence-corrected chi connectivity index (χ0v) is 23.5. The molecule has 2 aliphatic rings. The number of carbonyl (C=O) groups is 1. The number of allylic oxidation sites excluding steroid dienone is 4. The molecule has 0 aromatic heterocycles. The maximum Gasteiger partial charge on any atom is 0.407 e. The number of amides is 1. The van der Waals surface area contributed by atoms with E-state index in [9.17, 15) is 18.3 Å². The van der Waals surface area contributed by atoms with Crippen LogP contribution in [-0.4, -0.2) is 68.0 Å². The number of rotatable bonds is 13. The summed E-state index contributed by atoms with van der Waals surface area (Å²) in [6.07, 6.45) is 7.00. The first kappa shape index (κ1) is 30.1. The third kappa shape index (κ3) is 8.27. The average Bonchev–Trinajstić information content (AvgIpc) is 3.45. The van der Waals surface area contributed by atoms with Gasteiger partial charge in [0.25, 0.3) is 0 Å². The minimum Gasteiger partial charge on any atom is -0.446 e. The van der Waals surface area contributed by atoms with Crippen LogP contribution in [0.2, 0.25) is 0 Å². The van der Waals surface area contributed by atoms with Gasteiger partial charge in [-0.3, -0.25) is 0 Å². The Hall–Kier alpha value is -2.46. The van der Waals surface area contributed by atoms with Crippen molar-refractivity contribution in [2.75, 3.05) is 19.7 Å². The molecule has 1 amide bonds. The zero-order valence-electron chi connectivity index (χ0n) is 22.7. The van der Waals surface area contributed by atoms with Crippen LogP contribution in [0.4, 0.5) is 4.79 Å². The van der Waals surface area contributed by atoms with Gasteiger partial charge < -0.3 is 19.9 Å². The second-order valence-electron chi connectivity index (χ2n) is 10.5. The van der Waals surface area contributed by atoms with Crippen molar-refractivity contribution in [3.05, 3.63) is 71.7 Å². The van der Waals surface area contributed by atoms with Crippen LogP contribution in [0.15, 0.2) is 66.1 Å². The molecule has 2 fully saturated rings. The van der Waals surface area contributed by atoms with Gasteiger partial charge in [0.05, 0.1) is 23.2 Å². The second kappa shape index (κ2) is 14.1. The van der Waals surface area contributed by atoms with Crippen molar-refractivity contribution in [2.24, 2.45) is 11.8 Å². The Morgan fingerprint density at radius 3 is 2.63 bits per heavy atom. The monoisotopic (exact) mass is 546 g/mol. The summed E-state index contributed by atoms with van der Waals surface area (Å²) < 4.78 is 39.7. The molecule has 0 spiro atoms. The highest BCUT2D eigenvalue weighted by Gasteiger charge is 2.40. The topological polar surface area (TPSA) is 105 Å². The number of nitrogens with zero attached hydrogens (tertiary/aromatic N) is 1. The fourth-order valence-corrected chi connectivity index (χ4v) is 6.72. The van der Waals surface area contributed by atoms with E-state index in [2.05, 4.69) is 11.9 Å². The lowest BCUT2D eigenvalue weighted by Gasteiger charge is -2.31. The van der Waals surface area contributed by atoms with Crippen molar-refractivity contribution in [2.45, 2.75) is 70.8 Å². The number of hydrogen-bond acceptors (Lipinski definition) is 6. The van der Waals surface area contributed by atoms with Crippen LogP contribution in [0.1, 0.15) is 45.6 Å². The van der Waals surface area contributed by atoms with E-state index in [1.165, 1.54) is 16.5 Å². The molecule has 8 nitrogen and oxygen atoms in total. The number of fused-ring (bicyclic) bond motifs is 1. The van der Waals surface area contributed by atoms with Gasteiger partial charge in [0.15, 0.2) is 0 Å². The van der Waals surface area contributed by atoms with E-state index in [0.717, 1.165) is 25.0 Å². The number of carbonyl (C=O) groups excluding carboxylic acids is 1. The molecule has 0 bridgehead atoms. The smallest absolute Gasteiger partial charge is 0.407 e. The van der Waals surface area contributed by atoms with Crippen LogP contribution in [-0.2, 0) is 25.9 Å². The number of alkyl carbamates (subject to hydrolysis) is 1. The van der Waals surface area contributed by atoms with Crippen LogP contribution in [0.3, 0.4) is 0 Å². The van der Waals surface area contributed by atoms with Crippen LogP contribution < -0.4 is 5.32 Å². The summed E-state index contributed by atoms with van der Waals surface area (Å²) in [4.78, 5) is 13.0. The molecule has 0 radical (unpaired) electrons. The number of aliphatic hydroxyl groups is 1. The minimum atomic E-state index is -3.93. The van der Waals surface area contributed by atoms with E-state index < -0.39 is 28.3 Å². The van der Waals surface area contributed by atoms with E-state index in [-0.39, 0.29) is 36.1 Å². The molecule has 1 aliphatic heterocycles. The predicted molar refractivity (Wildman–Crippen MR) is 149 cm³/mol. The van der Waals surface area contributed by atoms with E-state index in [0.29, 0.717) is 18.8 Å². The number of sulfonamides is 1. The van der Waals surface area contributed by atoms with Crippen molar-refractivity contribution in [1.29, 1.82) is 0 Å². The Labute approximate surface area is 227 Å². The maximum atomic E-state index is 13.5. The van der Waals surface area contributed by atoms with E-state index >= 15 is 0 Å². The van der Waals surface area contributed by atoms with Crippen molar-refractivity contribution < 1.29 is 27.8 Å². The van der Waals surface area contributed by atoms with E-state index in [1.807, 2.05) is 44.2 Å². The molecule has 1 saturated carbocycles. The summed E-state index contributed by atoms with van der Waals surface area (Å²) in [5.41, 5.74) is 0.902. The molecule has 0 unspecified atom stereocenters. The molecular formula is C29H42N2O6S. The first-order valence-electron chi connectivity index (χ1n) is 13.4. The number of benzene rings is 1. The Balaban J connectivity index is 1.77. The number of hydrogen-bond donors (Lipinski definition) is 2. The molecule has 38 heavy (non-hydrogen) atoms. The molecule has 9 heteroatoms. The second-order valence-corrected chi connectivity index (χ2v) is 12.4. The molecule has 1 aromatic rings. The van der Waals surface area contributed by atoms with Crippen molar-refractivity contribution >= 4 is 16.1 Å². The molecule has 1 heterocycles. The normalized spacial score (nSPS) is 23.5. The lowest BCUT2D eigenvalue weighted by Crippen LogP contribution is -2.51. The van der Waals surface area contributed by atoms with Gasteiger partial charge in [0.2, 0.25) is 10.0 Å². The fourth-order valence-electron chi connectivity index (χ4n) is 5.11. The van der Waals surface area contributed by atoms with Crippen molar-refractivity contribution in [3.8, 4) is 0 Å². The molecule has 210 valence electrons. The highest BCUT2D eigenvalue weighted by atomic mass is 32.2.